The molecule has 2 aromatic heterocycles. The Hall–Kier alpha value is -1.86. The SMILES string of the molecule is O=C(Nc1ccc(OC(=O)c2cc(Cl)sc2Cl)cc1)c1cccs1. The zero-order chi connectivity index (χ0) is 17.1. The molecule has 1 amide bonds. The summed E-state index contributed by atoms with van der Waals surface area (Å²) in [6.07, 6.45) is 0. The Balaban J connectivity index is 1.65. The normalized spacial score (nSPS) is 10.4. The minimum Gasteiger partial charge on any atom is -0.423 e. The monoisotopic (exact) mass is 397 g/mol. The Morgan fingerprint density at radius 1 is 1.08 bits per heavy atom. The van der Waals surface area contributed by atoms with Crippen molar-refractivity contribution in [3.8, 4) is 5.75 Å². The van der Waals surface area contributed by atoms with Crippen molar-refractivity contribution in [2.45, 2.75) is 0 Å². The predicted molar refractivity (Wildman–Crippen MR) is 98.0 cm³/mol. The molecular formula is C16H9Cl2NO3S2. The fourth-order valence-corrected chi connectivity index (χ4v) is 3.91. The van der Waals surface area contributed by atoms with E-state index in [-0.39, 0.29) is 15.8 Å². The van der Waals surface area contributed by atoms with Crippen LogP contribution in [-0.4, -0.2) is 11.9 Å². The first-order chi connectivity index (χ1) is 11.5. The van der Waals surface area contributed by atoms with Crippen molar-refractivity contribution >= 4 is 63.4 Å². The minimum atomic E-state index is -0.585. The number of halogens is 2. The first-order valence-corrected chi connectivity index (χ1v) is 9.10. The number of anilines is 1. The van der Waals surface area contributed by atoms with E-state index in [4.69, 9.17) is 27.9 Å². The highest BCUT2D eigenvalue weighted by Gasteiger charge is 2.16. The second-order valence-electron chi connectivity index (χ2n) is 4.58. The van der Waals surface area contributed by atoms with Gasteiger partial charge in [-0.05, 0) is 41.8 Å². The molecule has 24 heavy (non-hydrogen) atoms. The zero-order valence-electron chi connectivity index (χ0n) is 11.9. The van der Waals surface area contributed by atoms with Crippen molar-refractivity contribution in [2.75, 3.05) is 5.32 Å². The predicted octanol–water partition coefficient (Wildman–Crippen LogP) is 5.59. The lowest BCUT2D eigenvalue weighted by atomic mass is 10.3. The van der Waals surface area contributed by atoms with E-state index < -0.39 is 5.97 Å². The fourth-order valence-electron chi connectivity index (χ4n) is 1.85. The van der Waals surface area contributed by atoms with Gasteiger partial charge in [0.15, 0.2) is 0 Å². The number of carbonyl (C=O) groups is 2. The van der Waals surface area contributed by atoms with Gasteiger partial charge in [-0.2, -0.15) is 0 Å². The summed E-state index contributed by atoms with van der Waals surface area (Å²) in [4.78, 5) is 24.6. The minimum absolute atomic E-state index is 0.186. The van der Waals surface area contributed by atoms with E-state index in [1.807, 2.05) is 11.4 Å². The number of nitrogens with one attached hydrogen (secondary N) is 1. The Labute approximate surface area is 155 Å². The molecule has 1 aromatic carbocycles. The molecule has 0 aliphatic heterocycles. The lowest BCUT2D eigenvalue weighted by Crippen LogP contribution is -2.10. The smallest absolute Gasteiger partial charge is 0.345 e. The second kappa shape index (κ2) is 7.36. The van der Waals surface area contributed by atoms with Crippen molar-refractivity contribution in [3.63, 3.8) is 0 Å². The summed E-state index contributed by atoms with van der Waals surface area (Å²) in [5.41, 5.74) is 0.826. The van der Waals surface area contributed by atoms with Gasteiger partial charge in [0.1, 0.15) is 10.1 Å². The van der Waals surface area contributed by atoms with Crippen molar-refractivity contribution in [1.29, 1.82) is 0 Å². The van der Waals surface area contributed by atoms with Gasteiger partial charge in [-0.15, -0.1) is 22.7 Å². The second-order valence-corrected chi connectivity index (χ2v) is 7.82. The third-order valence-corrected chi connectivity index (χ3v) is 5.30. The van der Waals surface area contributed by atoms with Gasteiger partial charge in [-0.25, -0.2) is 4.79 Å². The molecule has 0 bridgehead atoms. The number of hydrogen-bond acceptors (Lipinski definition) is 5. The van der Waals surface area contributed by atoms with Crippen molar-refractivity contribution in [2.24, 2.45) is 0 Å². The van der Waals surface area contributed by atoms with Gasteiger partial charge in [0.25, 0.3) is 5.91 Å². The van der Waals surface area contributed by atoms with E-state index in [9.17, 15) is 9.59 Å². The number of rotatable bonds is 4. The summed E-state index contributed by atoms with van der Waals surface area (Å²) >= 11 is 14.2. The molecule has 3 aromatic rings. The molecule has 1 N–H and O–H groups in total. The molecule has 8 heteroatoms. The molecule has 0 saturated heterocycles. The summed E-state index contributed by atoms with van der Waals surface area (Å²) in [5, 5.41) is 4.60. The summed E-state index contributed by atoms with van der Waals surface area (Å²) in [5.74, 6) is -0.430. The molecule has 0 radical (unpaired) electrons. The molecule has 0 unspecified atom stereocenters. The molecule has 0 aliphatic rings. The fraction of sp³-hybridized carbons (Fsp3) is 0. The molecule has 2 heterocycles. The molecule has 0 aliphatic carbocycles. The highest BCUT2D eigenvalue weighted by Crippen LogP contribution is 2.32. The van der Waals surface area contributed by atoms with E-state index in [2.05, 4.69) is 5.32 Å². The Morgan fingerprint density at radius 2 is 1.83 bits per heavy atom. The van der Waals surface area contributed by atoms with Gasteiger partial charge in [-0.1, -0.05) is 29.3 Å². The first kappa shape index (κ1) is 17.0. The topological polar surface area (TPSA) is 55.4 Å². The molecule has 0 spiro atoms. The molecular weight excluding hydrogens is 389 g/mol. The number of esters is 1. The van der Waals surface area contributed by atoms with Crippen molar-refractivity contribution in [3.05, 3.63) is 67.0 Å². The maximum absolute atomic E-state index is 12.0. The number of thiophene rings is 2. The average molecular weight is 398 g/mol. The van der Waals surface area contributed by atoms with Crippen LogP contribution >= 0.6 is 45.9 Å². The van der Waals surface area contributed by atoms with Crippen LogP contribution in [0.3, 0.4) is 0 Å². The Bertz CT molecular complexity index is 873. The molecule has 3 rings (SSSR count). The average Bonchev–Trinajstić information content (AvgIpc) is 3.19. The van der Waals surface area contributed by atoms with Crippen LogP contribution in [0.25, 0.3) is 0 Å². The van der Waals surface area contributed by atoms with Crippen LogP contribution in [0.4, 0.5) is 5.69 Å². The summed E-state index contributed by atoms with van der Waals surface area (Å²) in [6.45, 7) is 0. The van der Waals surface area contributed by atoms with Crippen LogP contribution in [0.15, 0.2) is 47.8 Å². The Morgan fingerprint density at radius 3 is 2.42 bits per heavy atom. The summed E-state index contributed by atoms with van der Waals surface area (Å²) in [6, 6.07) is 11.5. The molecule has 0 atom stereocenters. The molecule has 122 valence electrons. The summed E-state index contributed by atoms with van der Waals surface area (Å²) in [7, 11) is 0. The standard InChI is InChI=1S/C16H9Cl2NO3S2/c17-13-8-11(14(18)24-13)16(21)22-10-5-3-9(4-6-10)19-15(20)12-2-1-7-23-12/h1-8H,(H,19,20). The van der Waals surface area contributed by atoms with Crippen LogP contribution in [0.5, 0.6) is 5.75 Å². The van der Waals surface area contributed by atoms with E-state index in [0.29, 0.717) is 20.7 Å². The highest BCUT2D eigenvalue weighted by molar-refractivity contribution is 7.20. The van der Waals surface area contributed by atoms with Crippen LogP contribution in [0.1, 0.15) is 20.0 Å². The van der Waals surface area contributed by atoms with Crippen molar-refractivity contribution < 1.29 is 14.3 Å². The number of amides is 1. The molecule has 0 fully saturated rings. The number of hydrogen-bond donors (Lipinski definition) is 1. The number of benzene rings is 1. The number of carbonyl (C=O) groups excluding carboxylic acids is 2. The van der Waals surface area contributed by atoms with Gasteiger partial charge in [0, 0.05) is 5.69 Å². The maximum Gasteiger partial charge on any atom is 0.345 e. The van der Waals surface area contributed by atoms with Gasteiger partial charge in [0.05, 0.1) is 14.8 Å². The third kappa shape index (κ3) is 3.96. The zero-order valence-corrected chi connectivity index (χ0v) is 15.1. The molecule has 0 saturated carbocycles. The molecule has 4 nitrogen and oxygen atoms in total. The highest BCUT2D eigenvalue weighted by atomic mass is 35.5. The first-order valence-electron chi connectivity index (χ1n) is 6.65. The van der Waals surface area contributed by atoms with Gasteiger partial charge < -0.3 is 10.1 Å². The third-order valence-electron chi connectivity index (χ3n) is 2.94. The van der Waals surface area contributed by atoms with E-state index in [1.54, 1.807) is 30.3 Å². The summed E-state index contributed by atoms with van der Waals surface area (Å²) < 4.78 is 5.94. The van der Waals surface area contributed by atoms with Gasteiger partial charge in [0.2, 0.25) is 0 Å². The lowest BCUT2D eigenvalue weighted by Gasteiger charge is -2.06. The van der Waals surface area contributed by atoms with Crippen LogP contribution in [0, 0.1) is 0 Å². The number of ether oxygens (including phenoxy) is 1. The lowest BCUT2D eigenvalue weighted by molar-refractivity contribution is 0.0735. The largest absolute Gasteiger partial charge is 0.423 e. The van der Waals surface area contributed by atoms with E-state index in [1.165, 1.54) is 17.4 Å². The maximum atomic E-state index is 12.0. The Kier molecular flexibility index (Phi) is 5.20. The van der Waals surface area contributed by atoms with Crippen LogP contribution < -0.4 is 10.1 Å². The quantitative estimate of drug-likeness (QED) is 0.461. The van der Waals surface area contributed by atoms with Crippen molar-refractivity contribution in [1.82, 2.24) is 0 Å². The van der Waals surface area contributed by atoms with Crippen LogP contribution in [-0.2, 0) is 0 Å². The van der Waals surface area contributed by atoms with Crippen LogP contribution in [0.2, 0.25) is 8.67 Å². The van der Waals surface area contributed by atoms with E-state index >= 15 is 0 Å². The van der Waals surface area contributed by atoms with Gasteiger partial charge in [-0.3, -0.25) is 4.79 Å². The van der Waals surface area contributed by atoms with E-state index in [0.717, 1.165) is 11.3 Å². The van der Waals surface area contributed by atoms with Gasteiger partial charge >= 0.3 is 5.97 Å².